The average Bonchev–Trinajstić information content (AvgIpc) is 3.40. The molecule has 1 aromatic heterocycles. The van der Waals surface area contributed by atoms with Gasteiger partial charge in [-0.25, -0.2) is 0 Å². The van der Waals surface area contributed by atoms with Gasteiger partial charge in [0.25, 0.3) is 0 Å². The number of carbonyl (C=O) groups excluding carboxylic acids is 1. The maximum atomic E-state index is 12.5. The van der Waals surface area contributed by atoms with Crippen molar-refractivity contribution in [2.24, 2.45) is 0 Å². The number of hydrogen-bond acceptors (Lipinski definition) is 8. The lowest BCUT2D eigenvalue weighted by molar-refractivity contribution is -0.128. The molecule has 2 saturated heterocycles. The Morgan fingerprint density at radius 1 is 1.25 bits per heavy atom. The Kier molecular flexibility index (Phi) is 7.47. The first-order valence-corrected chi connectivity index (χ1v) is 14.5. The van der Waals surface area contributed by atoms with Crippen LogP contribution in [0.25, 0.3) is 0 Å². The molecule has 9 heteroatoms. The van der Waals surface area contributed by atoms with Crippen LogP contribution in [0.5, 0.6) is 6.01 Å². The topological polar surface area (TPSA) is 94.8 Å². The molecule has 0 N–H and O–H groups in total. The molecule has 1 aromatic carbocycles. The van der Waals surface area contributed by atoms with Gasteiger partial charge in [-0.2, -0.15) is 15.2 Å². The first-order valence-electron chi connectivity index (χ1n) is 14.5. The fourth-order valence-electron chi connectivity index (χ4n) is 6.98. The molecule has 40 heavy (non-hydrogen) atoms. The molecule has 1 spiro atoms. The highest BCUT2D eigenvalue weighted by atomic mass is 16.5. The van der Waals surface area contributed by atoms with Crippen molar-refractivity contribution in [3.05, 3.63) is 59.3 Å². The molecule has 1 aliphatic carbocycles. The van der Waals surface area contributed by atoms with Crippen LogP contribution in [0.1, 0.15) is 48.1 Å². The summed E-state index contributed by atoms with van der Waals surface area (Å²) >= 11 is 0. The molecule has 4 aliphatic rings. The van der Waals surface area contributed by atoms with Crippen LogP contribution in [0.3, 0.4) is 0 Å². The van der Waals surface area contributed by atoms with E-state index in [2.05, 4.69) is 53.8 Å². The number of nitriles is 1. The van der Waals surface area contributed by atoms with E-state index in [4.69, 9.17) is 19.4 Å². The number of piperazine rings is 1. The van der Waals surface area contributed by atoms with Crippen LogP contribution >= 0.6 is 0 Å². The largest absolute Gasteiger partial charge is 0.462 e. The summed E-state index contributed by atoms with van der Waals surface area (Å²) in [6.07, 6.45) is 7.12. The number of nitrogens with zero attached hydrogens (tertiary/aromatic N) is 6. The predicted molar refractivity (Wildman–Crippen MR) is 151 cm³/mol. The van der Waals surface area contributed by atoms with Crippen molar-refractivity contribution in [1.82, 2.24) is 19.8 Å². The lowest BCUT2D eigenvalue weighted by atomic mass is 9.75. The third-order valence-corrected chi connectivity index (χ3v) is 9.18. The summed E-state index contributed by atoms with van der Waals surface area (Å²) in [6, 6.07) is 11.4. The van der Waals surface area contributed by atoms with Gasteiger partial charge in [-0.15, -0.1) is 0 Å². The number of likely N-dealkylation sites (tertiary alicyclic amines) is 1. The number of benzene rings is 1. The second-order valence-electron chi connectivity index (χ2n) is 11.5. The fraction of sp³-hybridized carbons (Fsp3) is 0.548. The number of fused-ring (bicyclic) bond motifs is 3. The number of likely N-dealkylation sites (N-methyl/N-ethyl adjacent to an activating group) is 1. The highest BCUT2D eigenvalue weighted by molar-refractivity contribution is 5.87. The van der Waals surface area contributed by atoms with Crippen LogP contribution in [0.15, 0.2) is 36.9 Å². The first-order chi connectivity index (χ1) is 19.5. The molecule has 210 valence electrons. The van der Waals surface area contributed by atoms with Crippen molar-refractivity contribution >= 4 is 11.7 Å². The monoisotopic (exact) mass is 542 g/mol. The Morgan fingerprint density at radius 2 is 2.12 bits per heavy atom. The van der Waals surface area contributed by atoms with Gasteiger partial charge in [0.15, 0.2) is 0 Å². The second kappa shape index (κ2) is 11.2. The number of ether oxygens (including phenoxy) is 2. The standard InChI is InChI=1S/C31H38N6O3/c1-3-28(38)37-17-16-36(20-23(37)11-14-32)29-25-10-13-31(26-9-5-4-7-22(26)12-18-40-31)19-27(25)33-30(34-29)39-21-24-8-6-15-35(24)2/h3-5,7,9,23-24H,1,6,8,10-13,15-21H2,2H3/t23-,24?,31?/m0/s1. The molecule has 2 unspecified atom stereocenters. The van der Waals surface area contributed by atoms with E-state index in [1.54, 1.807) is 4.90 Å². The lowest BCUT2D eigenvalue weighted by Crippen LogP contribution is -2.55. The molecule has 0 radical (unpaired) electrons. The maximum absolute atomic E-state index is 12.5. The van der Waals surface area contributed by atoms with Gasteiger partial charge in [0.05, 0.1) is 36.4 Å². The molecular weight excluding hydrogens is 504 g/mol. The van der Waals surface area contributed by atoms with E-state index in [0.717, 1.165) is 49.3 Å². The van der Waals surface area contributed by atoms with Crippen LogP contribution in [0.4, 0.5) is 5.82 Å². The highest BCUT2D eigenvalue weighted by Gasteiger charge is 2.43. The number of carbonyl (C=O) groups is 1. The maximum Gasteiger partial charge on any atom is 0.318 e. The molecule has 1 amide bonds. The van der Waals surface area contributed by atoms with Gasteiger partial charge in [-0.3, -0.25) is 4.79 Å². The summed E-state index contributed by atoms with van der Waals surface area (Å²) in [5.41, 5.74) is 4.34. The molecule has 2 aromatic rings. The number of aromatic nitrogens is 2. The highest BCUT2D eigenvalue weighted by Crippen LogP contribution is 2.45. The third kappa shape index (κ3) is 4.95. The van der Waals surface area contributed by atoms with Crippen molar-refractivity contribution in [1.29, 1.82) is 5.26 Å². The number of hydrogen-bond donors (Lipinski definition) is 0. The minimum Gasteiger partial charge on any atom is -0.462 e. The fourth-order valence-corrected chi connectivity index (χ4v) is 6.98. The van der Waals surface area contributed by atoms with Crippen LogP contribution in [-0.2, 0) is 34.4 Å². The van der Waals surface area contributed by atoms with Gasteiger partial charge in [0.1, 0.15) is 12.4 Å². The molecule has 3 aliphatic heterocycles. The summed E-state index contributed by atoms with van der Waals surface area (Å²) in [5, 5.41) is 9.50. The Balaban J connectivity index is 1.34. The van der Waals surface area contributed by atoms with Crippen LogP contribution in [0.2, 0.25) is 0 Å². The van der Waals surface area contributed by atoms with Gasteiger partial charge in [0, 0.05) is 37.7 Å². The summed E-state index contributed by atoms with van der Waals surface area (Å²) in [4.78, 5) is 28.8. The molecule has 2 fully saturated rings. The van der Waals surface area contributed by atoms with Crippen LogP contribution < -0.4 is 9.64 Å². The molecule has 0 bridgehead atoms. The smallest absolute Gasteiger partial charge is 0.318 e. The number of anilines is 1. The van der Waals surface area contributed by atoms with Crippen molar-refractivity contribution in [3.63, 3.8) is 0 Å². The minimum atomic E-state index is -0.394. The summed E-state index contributed by atoms with van der Waals surface area (Å²) < 4.78 is 12.9. The molecule has 9 nitrogen and oxygen atoms in total. The zero-order chi connectivity index (χ0) is 27.7. The lowest BCUT2D eigenvalue weighted by Gasteiger charge is -2.44. The third-order valence-electron chi connectivity index (χ3n) is 9.18. The van der Waals surface area contributed by atoms with E-state index in [0.29, 0.717) is 51.3 Å². The van der Waals surface area contributed by atoms with E-state index in [-0.39, 0.29) is 18.4 Å². The molecule has 4 heterocycles. The summed E-state index contributed by atoms with van der Waals surface area (Å²) in [6.45, 7) is 7.66. The predicted octanol–water partition coefficient (Wildman–Crippen LogP) is 3.02. The zero-order valence-electron chi connectivity index (χ0n) is 23.3. The molecular formula is C31H38N6O3. The van der Waals surface area contributed by atoms with E-state index in [9.17, 15) is 10.1 Å². The zero-order valence-corrected chi connectivity index (χ0v) is 23.3. The first kappa shape index (κ1) is 26.7. The number of amides is 1. The minimum absolute atomic E-state index is 0.135. The molecule has 3 atom stereocenters. The van der Waals surface area contributed by atoms with Crippen LogP contribution in [0, 0.1) is 11.3 Å². The van der Waals surface area contributed by atoms with Crippen molar-refractivity contribution in [2.75, 3.05) is 51.3 Å². The normalized spacial score (nSPS) is 26.2. The second-order valence-corrected chi connectivity index (χ2v) is 11.5. The van der Waals surface area contributed by atoms with Gasteiger partial charge in [-0.1, -0.05) is 30.8 Å². The van der Waals surface area contributed by atoms with Crippen molar-refractivity contribution < 1.29 is 14.3 Å². The van der Waals surface area contributed by atoms with E-state index in [1.165, 1.54) is 23.6 Å². The quantitative estimate of drug-likeness (QED) is 0.514. The van der Waals surface area contributed by atoms with Crippen molar-refractivity contribution in [2.45, 2.75) is 62.6 Å². The van der Waals surface area contributed by atoms with Gasteiger partial charge >= 0.3 is 6.01 Å². The average molecular weight is 543 g/mol. The van der Waals surface area contributed by atoms with Gasteiger partial charge < -0.3 is 24.2 Å². The molecule has 0 saturated carbocycles. The Morgan fingerprint density at radius 3 is 2.92 bits per heavy atom. The van der Waals surface area contributed by atoms with Crippen LogP contribution in [-0.4, -0.2) is 84.2 Å². The van der Waals surface area contributed by atoms with E-state index < -0.39 is 5.60 Å². The van der Waals surface area contributed by atoms with Gasteiger partial charge in [0.2, 0.25) is 5.91 Å². The van der Waals surface area contributed by atoms with E-state index in [1.807, 2.05) is 0 Å². The summed E-state index contributed by atoms with van der Waals surface area (Å²) in [5.74, 6) is 0.733. The van der Waals surface area contributed by atoms with E-state index >= 15 is 0 Å². The van der Waals surface area contributed by atoms with Gasteiger partial charge in [-0.05, 0) is 62.9 Å². The Labute approximate surface area is 236 Å². The van der Waals surface area contributed by atoms with Crippen molar-refractivity contribution in [3.8, 4) is 12.1 Å². The molecule has 6 rings (SSSR count). The summed E-state index contributed by atoms with van der Waals surface area (Å²) in [7, 11) is 2.14. The SMILES string of the molecule is C=CC(=O)N1CCN(c2nc(OCC3CCCN3C)nc3c2CCC2(C3)OCCc3ccccc32)C[C@@H]1CC#N. The Hall–Kier alpha value is -3.48. The number of rotatable bonds is 6. The Bertz CT molecular complexity index is 1320.